The molecule has 1 amide bonds. The van der Waals surface area contributed by atoms with Crippen LogP contribution in [0.5, 0.6) is 5.75 Å². The highest BCUT2D eigenvalue weighted by molar-refractivity contribution is 6.33. The van der Waals surface area contributed by atoms with Gasteiger partial charge in [0.05, 0.1) is 0 Å². The molecular weight excluding hydrogens is 463 g/mol. The van der Waals surface area contributed by atoms with Gasteiger partial charge in [0.25, 0.3) is 0 Å². The molecule has 0 bridgehead atoms. The van der Waals surface area contributed by atoms with Crippen LogP contribution in [0, 0.1) is 18.7 Å². The first-order valence-electron chi connectivity index (χ1n) is 12.2. The molecule has 0 spiro atoms. The van der Waals surface area contributed by atoms with E-state index < -0.39 is 5.60 Å². The van der Waals surface area contributed by atoms with Crippen LogP contribution >= 0.6 is 11.6 Å². The van der Waals surface area contributed by atoms with Gasteiger partial charge in [-0.2, -0.15) is 0 Å². The fraction of sp³-hybridized carbons (Fsp3) is 0.345. The average molecular weight is 493 g/mol. The summed E-state index contributed by atoms with van der Waals surface area (Å²) in [6.45, 7) is 2.49. The summed E-state index contributed by atoms with van der Waals surface area (Å²) in [5.41, 5.74) is 8.91. The van der Waals surface area contributed by atoms with Crippen molar-refractivity contribution in [2.45, 2.75) is 50.7 Å². The van der Waals surface area contributed by atoms with Crippen molar-refractivity contribution in [1.82, 2.24) is 5.32 Å². The molecular formula is C29H30ClFN2O2. The maximum Gasteiger partial charge on any atom is 0.220 e. The minimum absolute atomic E-state index is 0.0307. The van der Waals surface area contributed by atoms with Crippen LogP contribution in [0.2, 0.25) is 5.02 Å². The molecule has 35 heavy (non-hydrogen) atoms. The first kappa shape index (κ1) is 23.8. The fourth-order valence-corrected chi connectivity index (χ4v) is 5.89. The largest absolute Gasteiger partial charge is 0.481 e. The van der Waals surface area contributed by atoms with Gasteiger partial charge < -0.3 is 15.8 Å². The highest BCUT2D eigenvalue weighted by Gasteiger charge is 2.43. The van der Waals surface area contributed by atoms with Gasteiger partial charge in [-0.3, -0.25) is 4.79 Å². The molecule has 1 saturated carbocycles. The number of carbonyl (C=O) groups is 1. The van der Waals surface area contributed by atoms with Gasteiger partial charge in [0.15, 0.2) is 5.60 Å². The normalized spacial score (nSPS) is 23.5. The number of nitrogens with one attached hydrogen (secondary N) is 1. The van der Waals surface area contributed by atoms with Gasteiger partial charge in [-0.05, 0) is 61.9 Å². The van der Waals surface area contributed by atoms with E-state index in [1.807, 2.05) is 37.3 Å². The number of rotatable bonds is 6. The zero-order chi connectivity index (χ0) is 24.6. The van der Waals surface area contributed by atoms with Crippen molar-refractivity contribution in [2.75, 3.05) is 6.54 Å². The minimum Gasteiger partial charge on any atom is -0.481 e. The zero-order valence-corrected chi connectivity index (χ0v) is 20.6. The Balaban J connectivity index is 1.48. The van der Waals surface area contributed by atoms with E-state index >= 15 is 4.39 Å². The molecule has 5 rings (SSSR count). The summed E-state index contributed by atoms with van der Waals surface area (Å²) in [5.74, 6) is 0.209. The lowest BCUT2D eigenvalue weighted by Crippen LogP contribution is -2.47. The Labute approximate surface area is 210 Å². The summed E-state index contributed by atoms with van der Waals surface area (Å²) in [7, 11) is 0. The lowest BCUT2D eigenvalue weighted by molar-refractivity contribution is -0.122. The summed E-state index contributed by atoms with van der Waals surface area (Å²) in [6, 6.07) is 19.2. The second-order valence-corrected chi connectivity index (χ2v) is 10.2. The summed E-state index contributed by atoms with van der Waals surface area (Å²) < 4.78 is 21.7. The van der Waals surface area contributed by atoms with Crippen LogP contribution in [0.25, 0.3) is 11.1 Å². The Morgan fingerprint density at radius 3 is 2.49 bits per heavy atom. The van der Waals surface area contributed by atoms with Crippen LogP contribution in [0.3, 0.4) is 0 Å². The number of aryl methyl sites for hydroxylation is 1. The maximum atomic E-state index is 15.0. The summed E-state index contributed by atoms with van der Waals surface area (Å²) >= 11 is 6.69. The number of amides is 1. The standard InChI is InChI=1S/C29H30ClFN2O2/c1-18-6-5-9-24(31)26(18)27-22-16-29(20-7-3-2-4-8-20,35-25(22)15-14-23(27)30)17-33-21-12-10-19(11-13-21)28(32)34/h2-9,14-15,19,21,33H,10-13,16-17H2,1H3,(H2,32,34)/t19?,21?,29-/m1/s1. The number of primary amides is 1. The van der Waals surface area contributed by atoms with E-state index in [0.717, 1.165) is 48.1 Å². The number of fused-ring (bicyclic) bond motifs is 1. The highest BCUT2D eigenvalue weighted by Crippen LogP contribution is 2.49. The predicted octanol–water partition coefficient (Wildman–Crippen LogP) is 5.92. The van der Waals surface area contributed by atoms with Gasteiger partial charge in [0.1, 0.15) is 11.6 Å². The van der Waals surface area contributed by atoms with Crippen LogP contribution in [-0.4, -0.2) is 18.5 Å². The summed E-state index contributed by atoms with van der Waals surface area (Å²) in [6.07, 6.45) is 3.98. The number of benzene rings is 3. The molecule has 1 aliphatic heterocycles. The highest BCUT2D eigenvalue weighted by atomic mass is 35.5. The minimum atomic E-state index is -0.650. The van der Waals surface area contributed by atoms with Gasteiger partial charge in [-0.25, -0.2) is 4.39 Å². The van der Waals surface area contributed by atoms with E-state index in [0.29, 0.717) is 29.1 Å². The molecule has 4 nitrogen and oxygen atoms in total. The van der Waals surface area contributed by atoms with Crippen molar-refractivity contribution in [3.8, 4) is 16.9 Å². The molecule has 6 heteroatoms. The second-order valence-electron chi connectivity index (χ2n) is 9.80. The van der Waals surface area contributed by atoms with Crippen molar-refractivity contribution in [2.24, 2.45) is 11.7 Å². The SMILES string of the molecule is Cc1cccc(F)c1-c1c(Cl)ccc2c1C[C@@](CNC1CCC(C(N)=O)CC1)(c1ccccc1)O2. The third-order valence-electron chi connectivity index (χ3n) is 7.56. The molecule has 1 atom stereocenters. The van der Waals surface area contributed by atoms with Gasteiger partial charge in [0.2, 0.25) is 5.91 Å². The molecule has 0 radical (unpaired) electrons. The van der Waals surface area contributed by atoms with E-state index in [1.54, 1.807) is 12.1 Å². The third-order valence-corrected chi connectivity index (χ3v) is 7.88. The van der Waals surface area contributed by atoms with E-state index in [9.17, 15) is 4.79 Å². The number of hydrogen-bond acceptors (Lipinski definition) is 3. The molecule has 2 aliphatic rings. The molecule has 1 aliphatic carbocycles. The third kappa shape index (κ3) is 4.55. The number of halogens is 2. The van der Waals surface area contributed by atoms with Gasteiger partial charge in [0, 0.05) is 46.6 Å². The van der Waals surface area contributed by atoms with Crippen LogP contribution in [0.15, 0.2) is 60.7 Å². The number of nitrogens with two attached hydrogens (primary N) is 1. The molecule has 0 aromatic heterocycles. The smallest absolute Gasteiger partial charge is 0.220 e. The van der Waals surface area contributed by atoms with Crippen molar-refractivity contribution in [3.05, 3.63) is 88.2 Å². The van der Waals surface area contributed by atoms with Crippen molar-refractivity contribution < 1.29 is 13.9 Å². The molecule has 3 N–H and O–H groups in total. The molecule has 3 aromatic rings. The molecule has 0 unspecified atom stereocenters. The molecule has 3 aromatic carbocycles. The van der Waals surface area contributed by atoms with Crippen LogP contribution in [-0.2, 0) is 16.8 Å². The Morgan fingerprint density at radius 2 is 1.80 bits per heavy atom. The second kappa shape index (κ2) is 9.63. The maximum absolute atomic E-state index is 15.0. The number of ether oxygens (including phenoxy) is 1. The van der Waals surface area contributed by atoms with Crippen molar-refractivity contribution >= 4 is 17.5 Å². The van der Waals surface area contributed by atoms with E-state index in [1.165, 1.54) is 6.07 Å². The predicted molar refractivity (Wildman–Crippen MR) is 137 cm³/mol. The number of hydrogen-bond donors (Lipinski definition) is 2. The first-order valence-corrected chi connectivity index (χ1v) is 12.6. The lowest BCUT2D eigenvalue weighted by atomic mass is 9.83. The monoisotopic (exact) mass is 492 g/mol. The van der Waals surface area contributed by atoms with E-state index in [2.05, 4.69) is 17.4 Å². The van der Waals surface area contributed by atoms with Gasteiger partial charge in [-0.1, -0.05) is 54.1 Å². The molecule has 1 heterocycles. The average Bonchev–Trinajstić information content (AvgIpc) is 3.25. The quantitative estimate of drug-likeness (QED) is 0.449. The summed E-state index contributed by atoms with van der Waals surface area (Å²) in [5, 5.41) is 4.23. The summed E-state index contributed by atoms with van der Waals surface area (Å²) in [4.78, 5) is 11.6. The van der Waals surface area contributed by atoms with Gasteiger partial charge >= 0.3 is 0 Å². The Bertz CT molecular complexity index is 1220. The molecule has 0 saturated heterocycles. The first-order chi connectivity index (χ1) is 16.9. The zero-order valence-electron chi connectivity index (χ0n) is 19.8. The van der Waals surface area contributed by atoms with E-state index in [-0.39, 0.29) is 23.7 Å². The topological polar surface area (TPSA) is 64.3 Å². The number of carbonyl (C=O) groups excluding carboxylic acids is 1. The van der Waals surface area contributed by atoms with Crippen molar-refractivity contribution in [3.63, 3.8) is 0 Å². The molecule has 1 fully saturated rings. The lowest BCUT2D eigenvalue weighted by Gasteiger charge is -2.34. The van der Waals surface area contributed by atoms with Crippen molar-refractivity contribution in [1.29, 1.82) is 0 Å². The van der Waals surface area contributed by atoms with Crippen LogP contribution in [0.1, 0.15) is 42.4 Å². The van der Waals surface area contributed by atoms with Crippen LogP contribution < -0.4 is 15.8 Å². The van der Waals surface area contributed by atoms with Gasteiger partial charge in [-0.15, -0.1) is 0 Å². The van der Waals surface area contributed by atoms with Crippen LogP contribution in [0.4, 0.5) is 4.39 Å². The molecule has 182 valence electrons. The fourth-order valence-electron chi connectivity index (χ4n) is 5.62. The van der Waals surface area contributed by atoms with E-state index in [4.69, 9.17) is 22.1 Å². The Morgan fingerprint density at radius 1 is 1.06 bits per heavy atom. The Kier molecular flexibility index (Phi) is 6.56. The Hall–Kier alpha value is -2.89.